The Bertz CT molecular complexity index is 2200. The van der Waals surface area contributed by atoms with E-state index in [4.69, 9.17) is 13.4 Å². The molecule has 4 aromatic carbocycles. The van der Waals surface area contributed by atoms with Gasteiger partial charge in [-0.2, -0.15) is 21.6 Å². The van der Waals surface area contributed by atoms with E-state index < -0.39 is 39.6 Å². The van der Waals surface area contributed by atoms with Crippen molar-refractivity contribution in [3.05, 3.63) is 125 Å². The summed E-state index contributed by atoms with van der Waals surface area (Å²) in [5.41, 5.74) is 3.94. The molecule has 0 fully saturated rings. The van der Waals surface area contributed by atoms with E-state index >= 15 is 0 Å². The van der Waals surface area contributed by atoms with E-state index in [2.05, 4.69) is 20.8 Å². The molecule has 14 heteroatoms. The van der Waals surface area contributed by atoms with Crippen LogP contribution >= 0.6 is 0 Å². The summed E-state index contributed by atoms with van der Waals surface area (Å²) in [5, 5.41) is 15.3. The third-order valence-corrected chi connectivity index (χ3v) is 8.57. The van der Waals surface area contributed by atoms with Gasteiger partial charge < -0.3 is 19.5 Å². The molecule has 0 bridgehead atoms. The molecule has 1 unspecified atom stereocenters. The van der Waals surface area contributed by atoms with Crippen molar-refractivity contribution < 1.29 is 39.8 Å². The number of fused-ring (bicyclic) bond motifs is 1. The first-order chi connectivity index (χ1) is 23.3. The molecular weight excluding hydrogens is 661 g/mol. The highest BCUT2D eigenvalue weighted by Crippen LogP contribution is 2.34. The topological polar surface area (TPSA) is 148 Å². The number of hydrogen-bond acceptors (Lipinski definition) is 8. The molecule has 10 nitrogen and oxygen atoms in total. The zero-order valence-electron chi connectivity index (χ0n) is 25.9. The lowest BCUT2D eigenvalue weighted by Gasteiger charge is -2.17. The van der Waals surface area contributed by atoms with E-state index in [-0.39, 0.29) is 23.9 Å². The Morgan fingerprint density at radius 1 is 0.878 bits per heavy atom. The quantitative estimate of drug-likeness (QED) is 0.118. The molecule has 1 atom stereocenters. The van der Waals surface area contributed by atoms with E-state index in [1.54, 1.807) is 24.3 Å². The van der Waals surface area contributed by atoms with Crippen molar-refractivity contribution in [3.8, 4) is 22.8 Å². The summed E-state index contributed by atoms with van der Waals surface area (Å²) in [6, 6.07) is 25.8. The molecule has 0 aliphatic heterocycles. The first-order valence-electron chi connectivity index (χ1n) is 15.0. The van der Waals surface area contributed by atoms with Gasteiger partial charge in [-0.15, -0.1) is 10.2 Å². The number of alkyl halides is 3. The molecular formula is C35H29F3N4O6S. The van der Waals surface area contributed by atoms with Gasteiger partial charge in [0.2, 0.25) is 5.89 Å². The van der Waals surface area contributed by atoms with Crippen LogP contribution in [0.25, 0.3) is 33.7 Å². The van der Waals surface area contributed by atoms with Gasteiger partial charge in [0, 0.05) is 35.2 Å². The minimum Gasteiger partial charge on any atom is -0.451 e. The van der Waals surface area contributed by atoms with E-state index in [1.165, 1.54) is 12.1 Å². The van der Waals surface area contributed by atoms with Gasteiger partial charge in [0.25, 0.3) is 21.9 Å². The number of furan rings is 1. The van der Waals surface area contributed by atoms with Crippen LogP contribution in [0, 0.1) is 6.92 Å². The summed E-state index contributed by atoms with van der Waals surface area (Å²) in [6.07, 6.45) is -4.05. The molecule has 0 aliphatic rings. The number of rotatable bonds is 11. The Morgan fingerprint density at radius 2 is 1.53 bits per heavy atom. The molecule has 0 saturated heterocycles. The fraction of sp³-hybridized carbons (Fsp3) is 0.171. The summed E-state index contributed by atoms with van der Waals surface area (Å²) in [7, 11) is -4.21. The van der Waals surface area contributed by atoms with E-state index in [0.29, 0.717) is 29.0 Å². The normalized spacial score (nSPS) is 12.6. The number of hydrogen-bond donors (Lipinski definition) is 3. The number of nitrogens with zero attached hydrogens (tertiary/aromatic N) is 2. The minimum atomic E-state index is -4.42. The van der Waals surface area contributed by atoms with Crippen LogP contribution < -0.4 is 10.6 Å². The number of halogens is 3. The van der Waals surface area contributed by atoms with E-state index in [0.717, 1.165) is 34.2 Å². The fourth-order valence-corrected chi connectivity index (χ4v) is 5.64. The minimum absolute atomic E-state index is 0.199. The van der Waals surface area contributed by atoms with Crippen molar-refractivity contribution in [1.82, 2.24) is 15.5 Å². The Morgan fingerprint density at radius 3 is 2.16 bits per heavy atom. The second-order valence-electron chi connectivity index (χ2n) is 11.3. The molecule has 6 rings (SSSR count). The van der Waals surface area contributed by atoms with Gasteiger partial charge in [-0.05, 0) is 66.1 Å². The third-order valence-electron chi connectivity index (χ3n) is 7.85. The number of anilines is 1. The van der Waals surface area contributed by atoms with Gasteiger partial charge in [0.1, 0.15) is 11.6 Å². The van der Waals surface area contributed by atoms with Crippen LogP contribution in [-0.4, -0.2) is 41.4 Å². The molecule has 2 aromatic heterocycles. The molecule has 49 heavy (non-hydrogen) atoms. The lowest BCUT2D eigenvalue weighted by atomic mass is 9.99. The molecule has 0 saturated carbocycles. The van der Waals surface area contributed by atoms with Gasteiger partial charge in [0.15, 0.2) is 5.76 Å². The van der Waals surface area contributed by atoms with E-state index in [9.17, 15) is 26.4 Å². The Balaban J connectivity index is 1.24. The maximum absolute atomic E-state index is 13.0. The number of nitrogens with one attached hydrogen (secondary N) is 2. The van der Waals surface area contributed by atoms with Gasteiger partial charge >= 0.3 is 6.18 Å². The smallest absolute Gasteiger partial charge is 0.416 e. The number of amides is 1. The van der Waals surface area contributed by atoms with Crippen molar-refractivity contribution in [3.63, 3.8) is 0 Å². The van der Waals surface area contributed by atoms with Crippen molar-refractivity contribution in [2.75, 3.05) is 17.6 Å². The summed E-state index contributed by atoms with van der Waals surface area (Å²) in [4.78, 5) is 12.4. The van der Waals surface area contributed by atoms with Gasteiger partial charge in [-0.1, -0.05) is 54.6 Å². The molecule has 0 aliphatic carbocycles. The molecule has 252 valence electrons. The number of aromatic nitrogens is 2. The SMILES string of the molecule is Cc1c(-c2nnc(C(Cc3ccc(-c4ccc(C(F)(F)F)cc4)cc3)Nc3ccc(C(=O)NCCS(=O)(=O)O)cc3)o2)oc2ccccc12. The van der Waals surface area contributed by atoms with Gasteiger partial charge in [0.05, 0.1) is 11.3 Å². The maximum atomic E-state index is 13.0. The zero-order valence-corrected chi connectivity index (χ0v) is 26.7. The van der Waals surface area contributed by atoms with Crippen LogP contribution in [-0.2, 0) is 22.7 Å². The number of carbonyl (C=O) groups excluding carboxylic acids is 1. The third kappa shape index (κ3) is 7.99. The van der Waals surface area contributed by atoms with Crippen molar-refractivity contribution in [2.24, 2.45) is 0 Å². The second kappa shape index (κ2) is 13.6. The van der Waals surface area contributed by atoms with Crippen molar-refractivity contribution in [1.29, 1.82) is 0 Å². The molecule has 0 radical (unpaired) electrons. The first kappa shape index (κ1) is 33.4. The van der Waals surface area contributed by atoms with Crippen molar-refractivity contribution in [2.45, 2.75) is 25.6 Å². The lowest BCUT2D eigenvalue weighted by Crippen LogP contribution is -2.28. The lowest BCUT2D eigenvalue weighted by molar-refractivity contribution is -0.137. The fourth-order valence-electron chi connectivity index (χ4n) is 5.28. The summed E-state index contributed by atoms with van der Waals surface area (Å²) >= 11 is 0. The molecule has 3 N–H and O–H groups in total. The monoisotopic (exact) mass is 690 g/mol. The number of carbonyl (C=O) groups is 1. The highest BCUT2D eigenvalue weighted by atomic mass is 32.2. The number of aryl methyl sites for hydroxylation is 1. The summed E-state index contributed by atoms with van der Waals surface area (Å²) in [5.74, 6) is -0.212. The second-order valence-corrected chi connectivity index (χ2v) is 12.9. The average molecular weight is 691 g/mol. The Hall–Kier alpha value is -5.47. The van der Waals surface area contributed by atoms with Crippen LogP contribution in [0.1, 0.15) is 39.0 Å². The highest BCUT2D eigenvalue weighted by molar-refractivity contribution is 7.85. The molecule has 2 heterocycles. The maximum Gasteiger partial charge on any atom is 0.416 e. The molecule has 0 spiro atoms. The van der Waals surface area contributed by atoms with Gasteiger partial charge in [-0.25, -0.2) is 0 Å². The number of benzene rings is 4. The summed E-state index contributed by atoms with van der Waals surface area (Å²) in [6.45, 7) is 1.65. The number of para-hydroxylation sites is 1. The predicted octanol–water partition coefficient (Wildman–Crippen LogP) is 7.49. The molecule has 1 amide bonds. The predicted molar refractivity (Wildman–Crippen MR) is 176 cm³/mol. The van der Waals surface area contributed by atoms with Crippen LogP contribution in [0.5, 0.6) is 0 Å². The Labute approximate surface area is 278 Å². The molecule has 6 aromatic rings. The van der Waals surface area contributed by atoms with Crippen molar-refractivity contribution >= 4 is 32.7 Å². The van der Waals surface area contributed by atoms with E-state index in [1.807, 2.05) is 55.5 Å². The van der Waals surface area contributed by atoms with Crippen LogP contribution in [0.15, 0.2) is 106 Å². The van der Waals surface area contributed by atoms with Crippen LogP contribution in [0.4, 0.5) is 18.9 Å². The first-order valence-corrected chi connectivity index (χ1v) is 16.6. The zero-order chi connectivity index (χ0) is 34.8. The summed E-state index contributed by atoms with van der Waals surface area (Å²) < 4.78 is 82.0. The van der Waals surface area contributed by atoms with Crippen LogP contribution in [0.2, 0.25) is 0 Å². The van der Waals surface area contributed by atoms with Gasteiger partial charge in [-0.3, -0.25) is 9.35 Å². The largest absolute Gasteiger partial charge is 0.451 e. The van der Waals surface area contributed by atoms with Crippen LogP contribution in [0.3, 0.4) is 0 Å². The standard InChI is InChI=1S/C35H29F3N4O6S/c1-21-28-4-2-3-5-30(28)47-31(21)34-42-41-33(48-34)29(40-27-16-12-25(13-17-27)32(43)39-18-19-49(44,45)46)20-22-6-8-23(9-7-22)24-10-14-26(15-11-24)35(36,37)38/h2-17,29,40H,18-20H2,1H3,(H,39,43)(H,44,45,46). The Kier molecular flexibility index (Phi) is 9.26. The highest BCUT2D eigenvalue weighted by Gasteiger charge is 2.30. The average Bonchev–Trinajstić information content (AvgIpc) is 3.69.